The zero-order valence-corrected chi connectivity index (χ0v) is 10.8. The van der Waals surface area contributed by atoms with Gasteiger partial charge in [-0.1, -0.05) is 13.3 Å². The van der Waals surface area contributed by atoms with Gasteiger partial charge in [0.1, 0.15) is 0 Å². The molecule has 4 heteroatoms. The van der Waals surface area contributed by atoms with Gasteiger partial charge in [-0.05, 0) is 31.7 Å². The van der Waals surface area contributed by atoms with Crippen LogP contribution in [0.4, 0.5) is 0 Å². The third-order valence-corrected chi connectivity index (χ3v) is 4.16. The van der Waals surface area contributed by atoms with Crippen molar-refractivity contribution in [1.29, 1.82) is 0 Å². The number of likely N-dealkylation sites (tertiary alicyclic amines) is 1. The molecule has 3 atom stereocenters. The van der Waals surface area contributed by atoms with Crippen LogP contribution in [-0.2, 0) is 4.79 Å². The summed E-state index contributed by atoms with van der Waals surface area (Å²) < 4.78 is 0. The normalized spacial score (nSPS) is 34.4. The Kier molecular flexibility index (Phi) is 4.40. The van der Waals surface area contributed by atoms with Crippen LogP contribution in [0.3, 0.4) is 0 Å². The Labute approximate surface area is 104 Å². The van der Waals surface area contributed by atoms with Crippen molar-refractivity contribution in [3.63, 3.8) is 0 Å². The molecule has 2 saturated heterocycles. The van der Waals surface area contributed by atoms with E-state index in [-0.39, 0.29) is 6.04 Å². The molecule has 4 nitrogen and oxygen atoms in total. The molecule has 0 spiro atoms. The van der Waals surface area contributed by atoms with Crippen LogP contribution in [0.25, 0.3) is 0 Å². The fourth-order valence-electron chi connectivity index (χ4n) is 3.11. The Balaban J connectivity index is 1.88. The number of nitrogens with two attached hydrogens (primary N) is 1. The van der Waals surface area contributed by atoms with Gasteiger partial charge in [0.05, 0.1) is 0 Å². The van der Waals surface area contributed by atoms with Crippen LogP contribution in [0.5, 0.6) is 0 Å². The van der Waals surface area contributed by atoms with Crippen molar-refractivity contribution in [1.82, 2.24) is 10.2 Å². The lowest BCUT2D eigenvalue weighted by Gasteiger charge is -2.38. The highest BCUT2D eigenvalue weighted by molar-refractivity contribution is 5.78. The van der Waals surface area contributed by atoms with Crippen LogP contribution in [-0.4, -0.2) is 42.5 Å². The molecule has 2 aliphatic rings. The van der Waals surface area contributed by atoms with Crippen molar-refractivity contribution in [2.45, 2.75) is 51.1 Å². The molecule has 0 aromatic heterocycles. The van der Waals surface area contributed by atoms with Gasteiger partial charge < -0.3 is 16.0 Å². The molecule has 2 rings (SSSR count). The molecule has 3 N–H and O–H groups in total. The quantitative estimate of drug-likeness (QED) is 0.760. The van der Waals surface area contributed by atoms with E-state index >= 15 is 0 Å². The third-order valence-electron chi connectivity index (χ3n) is 4.16. The van der Waals surface area contributed by atoms with Gasteiger partial charge in [-0.3, -0.25) is 4.79 Å². The van der Waals surface area contributed by atoms with Gasteiger partial charge >= 0.3 is 0 Å². The van der Waals surface area contributed by atoms with Crippen LogP contribution in [0, 0.1) is 5.92 Å². The number of piperidine rings is 1. The summed E-state index contributed by atoms with van der Waals surface area (Å²) in [6.45, 7) is 5.06. The van der Waals surface area contributed by atoms with E-state index in [0.717, 1.165) is 45.3 Å². The molecule has 0 aromatic rings. The Morgan fingerprint density at radius 2 is 2.35 bits per heavy atom. The van der Waals surface area contributed by atoms with E-state index in [1.807, 2.05) is 4.90 Å². The second kappa shape index (κ2) is 5.83. The van der Waals surface area contributed by atoms with Crippen molar-refractivity contribution in [2.75, 3.05) is 19.6 Å². The largest absolute Gasteiger partial charge is 0.342 e. The average molecular weight is 239 g/mol. The van der Waals surface area contributed by atoms with Crippen molar-refractivity contribution < 1.29 is 4.79 Å². The summed E-state index contributed by atoms with van der Waals surface area (Å²) >= 11 is 0. The van der Waals surface area contributed by atoms with Gasteiger partial charge in [-0.15, -0.1) is 0 Å². The Bertz CT molecular complexity index is 267. The van der Waals surface area contributed by atoms with Gasteiger partial charge in [0, 0.05) is 31.6 Å². The maximum atomic E-state index is 11.6. The minimum Gasteiger partial charge on any atom is -0.342 e. The zero-order valence-electron chi connectivity index (χ0n) is 10.8. The van der Waals surface area contributed by atoms with Gasteiger partial charge in [0.2, 0.25) is 5.91 Å². The topological polar surface area (TPSA) is 58.4 Å². The second-order valence-corrected chi connectivity index (χ2v) is 5.42. The first-order valence-electron chi connectivity index (χ1n) is 6.99. The van der Waals surface area contributed by atoms with Crippen LogP contribution in [0.1, 0.15) is 39.0 Å². The summed E-state index contributed by atoms with van der Waals surface area (Å²) in [7, 11) is 0. The summed E-state index contributed by atoms with van der Waals surface area (Å²) in [6, 6.07) is 0.647. The van der Waals surface area contributed by atoms with Crippen LogP contribution in [0.15, 0.2) is 0 Å². The molecule has 2 fully saturated rings. The van der Waals surface area contributed by atoms with Gasteiger partial charge in [-0.2, -0.15) is 0 Å². The standard InChI is InChI=1S/C13H25N3O/c1-2-4-11-13(14)10(6-7-15-11)9-16-8-3-5-12(16)17/h10-11,13,15H,2-9,14H2,1H3. The Hall–Kier alpha value is -0.610. The number of carbonyl (C=O) groups is 1. The maximum absolute atomic E-state index is 11.6. The molecule has 0 bridgehead atoms. The van der Waals surface area contributed by atoms with E-state index in [0.29, 0.717) is 17.9 Å². The van der Waals surface area contributed by atoms with Gasteiger partial charge in [-0.25, -0.2) is 0 Å². The first-order chi connectivity index (χ1) is 8.22. The summed E-state index contributed by atoms with van der Waals surface area (Å²) in [5.41, 5.74) is 6.33. The fourth-order valence-corrected chi connectivity index (χ4v) is 3.11. The van der Waals surface area contributed by atoms with E-state index in [1.165, 1.54) is 6.42 Å². The second-order valence-electron chi connectivity index (χ2n) is 5.42. The maximum Gasteiger partial charge on any atom is 0.222 e. The van der Waals surface area contributed by atoms with Crippen LogP contribution in [0.2, 0.25) is 0 Å². The molecule has 2 aliphatic heterocycles. The van der Waals surface area contributed by atoms with Crippen molar-refractivity contribution >= 4 is 5.91 Å². The molecular formula is C13H25N3O. The molecular weight excluding hydrogens is 214 g/mol. The lowest BCUT2D eigenvalue weighted by atomic mass is 9.85. The predicted octanol–water partition coefficient (Wildman–Crippen LogP) is 0.714. The number of nitrogens with one attached hydrogen (secondary N) is 1. The lowest BCUT2D eigenvalue weighted by Crippen LogP contribution is -2.56. The number of rotatable bonds is 4. The van der Waals surface area contributed by atoms with E-state index in [9.17, 15) is 4.79 Å². The minimum atomic E-state index is 0.206. The molecule has 3 unspecified atom stereocenters. The highest BCUT2D eigenvalue weighted by atomic mass is 16.2. The molecule has 0 aliphatic carbocycles. The smallest absolute Gasteiger partial charge is 0.222 e. The minimum absolute atomic E-state index is 0.206. The van der Waals surface area contributed by atoms with Crippen LogP contribution >= 0.6 is 0 Å². The summed E-state index contributed by atoms with van der Waals surface area (Å²) in [5, 5.41) is 3.51. The molecule has 17 heavy (non-hydrogen) atoms. The van der Waals surface area contributed by atoms with Crippen LogP contribution < -0.4 is 11.1 Å². The number of hydrogen-bond acceptors (Lipinski definition) is 3. The molecule has 0 saturated carbocycles. The number of nitrogens with zero attached hydrogens (tertiary/aromatic N) is 1. The summed E-state index contributed by atoms with van der Waals surface area (Å²) in [6.07, 6.45) is 5.17. The predicted molar refractivity (Wildman–Crippen MR) is 68.6 cm³/mol. The van der Waals surface area contributed by atoms with Crippen molar-refractivity contribution in [2.24, 2.45) is 11.7 Å². The van der Waals surface area contributed by atoms with E-state index in [1.54, 1.807) is 0 Å². The first kappa shape index (κ1) is 12.8. The fraction of sp³-hybridized carbons (Fsp3) is 0.923. The zero-order chi connectivity index (χ0) is 12.3. The van der Waals surface area contributed by atoms with E-state index in [2.05, 4.69) is 12.2 Å². The molecule has 1 amide bonds. The summed E-state index contributed by atoms with van der Waals surface area (Å²) in [4.78, 5) is 13.6. The third kappa shape index (κ3) is 2.99. The number of amides is 1. The Morgan fingerprint density at radius 3 is 3.00 bits per heavy atom. The average Bonchev–Trinajstić information content (AvgIpc) is 2.70. The molecule has 2 heterocycles. The SMILES string of the molecule is CCCC1NCCC(CN2CCCC2=O)C1N. The number of carbonyl (C=O) groups excluding carboxylic acids is 1. The first-order valence-corrected chi connectivity index (χ1v) is 6.99. The Morgan fingerprint density at radius 1 is 1.53 bits per heavy atom. The highest BCUT2D eigenvalue weighted by Gasteiger charge is 2.32. The van der Waals surface area contributed by atoms with E-state index in [4.69, 9.17) is 5.73 Å². The highest BCUT2D eigenvalue weighted by Crippen LogP contribution is 2.21. The van der Waals surface area contributed by atoms with Gasteiger partial charge in [0.15, 0.2) is 0 Å². The lowest BCUT2D eigenvalue weighted by molar-refractivity contribution is -0.128. The van der Waals surface area contributed by atoms with Crippen molar-refractivity contribution in [3.05, 3.63) is 0 Å². The number of hydrogen-bond donors (Lipinski definition) is 2. The van der Waals surface area contributed by atoms with Gasteiger partial charge in [0.25, 0.3) is 0 Å². The molecule has 0 radical (unpaired) electrons. The molecule has 98 valence electrons. The summed E-state index contributed by atoms with van der Waals surface area (Å²) in [5.74, 6) is 0.803. The van der Waals surface area contributed by atoms with Crippen molar-refractivity contribution in [3.8, 4) is 0 Å². The molecule has 0 aromatic carbocycles. The van der Waals surface area contributed by atoms with E-state index < -0.39 is 0 Å². The monoisotopic (exact) mass is 239 g/mol.